The highest BCUT2D eigenvalue weighted by atomic mass is 16.6. The van der Waals surface area contributed by atoms with Gasteiger partial charge in [-0.05, 0) is 55.0 Å². The highest BCUT2D eigenvalue weighted by Gasteiger charge is 2.78. The van der Waals surface area contributed by atoms with E-state index in [1.54, 1.807) is 62.4 Å². The molecule has 0 radical (unpaired) electrons. The molecule has 0 aromatic heterocycles. The monoisotopic (exact) mass is 861 g/mol. The first-order valence-corrected chi connectivity index (χ1v) is 21.3. The number of aliphatic hydroxyl groups is 3. The van der Waals surface area contributed by atoms with Crippen molar-refractivity contribution < 1.29 is 67.8 Å². The van der Waals surface area contributed by atoms with Crippen molar-refractivity contribution in [1.82, 2.24) is 5.32 Å². The van der Waals surface area contributed by atoms with E-state index < -0.39 is 113 Å². The number of amides is 1. The number of nitrogens with one attached hydrogen (secondary N) is 1. The van der Waals surface area contributed by atoms with Crippen molar-refractivity contribution in [2.45, 2.75) is 141 Å². The average Bonchev–Trinajstić information content (AvgIpc) is 3.22. The van der Waals surface area contributed by atoms with Crippen LogP contribution in [0.5, 0.6) is 0 Å². The number of benzene rings is 2. The second kappa shape index (κ2) is 17.7. The Labute approximate surface area is 361 Å². The number of aliphatic hydroxyl groups excluding tert-OH is 2. The van der Waals surface area contributed by atoms with Gasteiger partial charge in [0.15, 0.2) is 23.6 Å². The number of hydrogen-bond acceptors (Lipinski definition) is 14. The molecule has 1 amide bonds. The average molecular weight is 862 g/mol. The van der Waals surface area contributed by atoms with Gasteiger partial charge in [-0.2, -0.15) is 0 Å². The highest BCUT2D eigenvalue weighted by molar-refractivity contribution is 5.95. The van der Waals surface area contributed by atoms with E-state index >= 15 is 4.79 Å². The van der Waals surface area contributed by atoms with Crippen LogP contribution in [0.15, 0.2) is 71.8 Å². The Morgan fingerprint density at radius 2 is 1.56 bits per heavy atom. The number of hydrogen-bond donors (Lipinski definition) is 4. The summed E-state index contributed by atoms with van der Waals surface area (Å²) in [5.41, 5.74) is -7.14. The van der Waals surface area contributed by atoms with Crippen LogP contribution in [0.4, 0.5) is 0 Å². The number of esters is 4. The van der Waals surface area contributed by atoms with Gasteiger partial charge in [0.05, 0.1) is 35.6 Å². The van der Waals surface area contributed by atoms with Gasteiger partial charge >= 0.3 is 23.9 Å². The van der Waals surface area contributed by atoms with Gasteiger partial charge in [0.1, 0.15) is 23.9 Å². The molecule has 2 aromatic rings. The van der Waals surface area contributed by atoms with E-state index in [2.05, 4.69) is 5.32 Å². The Balaban J connectivity index is 1.51. The summed E-state index contributed by atoms with van der Waals surface area (Å²) in [6, 6.07) is 15.0. The first-order valence-electron chi connectivity index (χ1n) is 21.3. The van der Waals surface area contributed by atoms with Crippen LogP contribution in [0, 0.1) is 22.7 Å². The summed E-state index contributed by atoms with van der Waals surface area (Å²) in [5.74, 6) is -6.30. The fourth-order valence-corrected chi connectivity index (χ4v) is 10.2. The topological polar surface area (TPSA) is 221 Å². The summed E-state index contributed by atoms with van der Waals surface area (Å²) >= 11 is 0. The molecule has 15 heteroatoms. The molecule has 3 fully saturated rings. The molecule has 1 aliphatic heterocycles. The van der Waals surface area contributed by atoms with Crippen LogP contribution in [-0.2, 0) is 47.7 Å². The molecule has 0 spiro atoms. The minimum Gasteiger partial charge on any atom is -0.456 e. The lowest BCUT2D eigenvalue weighted by molar-refractivity contribution is -0.346. The van der Waals surface area contributed by atoms with Crippen LogP contribution in [0.25, 0.3) is 0 Å². The molecule has 1 heterocycles. The number of Topliss-reactive ketones (excluding diaryl/α,β-unsaturated/α-hetero) is 1. The Morgan fingerprint density at radius 1 is 0.935 bits per heavy atom. The van der Waals surface area contributed by atoms with Crippen molar-refractivity contribution in [2.75, 3.05) is 6.61 Å². The maximum Gasteiger partial charge on any atom is 0.338 e. The van der Waals surface area contributed by atoms with E-state index in [9.17, 15) is 39.3 Å². The standard InChI is InChI=1S/C47H59NO14/c1-9-25(2)20-21-34(52)48-36(29-16-12-10-13-17-29)37(53)43(56)60-31-23-47(57)41(61-42(55)30-18-14-11-15-19-30)39-45(8,32(51)22-33-46(39,24-58-33)62-28(5)50)40(54)38(59-27(4)49)35(26(31)3)44(47,6)7/h10-19,25,31-33,36-39,41,51,53,57H,9,20-24H2,1-8H3,(H,48,52)/t25-,31-,32-,33+,36-,37+,38+,39-,41-,45+,46-,47+/m0/s1. The molecule has 2 aromatic carbocycles. The largest absolute Gasteiger partial charge is 0.456 e. The van der Waals surface area contributed by atoms with Gasteiger partial charge in [-0.25, -0.2) is 9.59 Å². The van der Waals surface area contributed by atoms with E-state index in [0.717, 1.165) is 20.3 Å². The van der Waals surface area contributed by atoms with Crippen LogP contribution in [-0.4, -0.2) is 105 Å². The van der Waals surface area contributed by atoms with E-state index in [1.807, 2.05) is 13.8 Å². The van der Waals surface area contributed by atoms with E-state index in [1.165, 1.54) is 26.0 Å². The molecule has 4 aliphatic rings. The Hall–Kier alpha value is -4.96. The van der Waals surface area contributed by atoms with Crippen molar-refractivity contribution in [3.05, 3.63) is 82.9 Å². The van der Waals surface area contributed by atoms with E-state index in [4.69, 9.17) is 23.7 Å². The minimum atomic E-state index is -2.37. The van der Waals surface area contributed by atoms with Crippen LogP contribution < -0.4 is 5.32 Å². The molecular weight excluding hydrogens is 803 g/mol. The first kappa shape index (κ1) is 46.5. The lowest BCUT2D eigenvalue weighted by Crippen LogP contribution is -2.82. The van der Waals surface area contributed by atoms with Crippen LogP contribution in [0.1, 0.15) is 109 Å². The zero-order chi connectivity index (χ0) is 45.5. The lowest BCUT2D eigenvalue weighted by atomic mass is 9.44. The molecular formula is C47H59NO14. The normalized spacial score (nSPS) is 32.5. The third-order valence-electron chi connectivity index (χ3n) is 14.0. The Morgan fingerprint density at radius 3 is 2.13 bits per heavy atom. The minimum absolute atomic E-state index is 0.0119. The van der Waals surface area contributed by atoms with Crippen molar-refractivity contribution >= 4 is 35.6 Å². The maximum atomic E-state index is 15.5. The molecule has 2 bridgehead atoms. The maximum absolute atomic E-state index is 15.5. The smallest absolute Gasteiger partial charge is 0.338 e. The van der Waals surface area contributed by atoms with Crippen LogP contribution in [0.3, 0.4) is 0 Å². The summed E-state index contributed by atoms with van der Waals surface area (Å²) in [7, 11) is 0. The van der Waals surface area contributed by atoms with E-state index in [-0.39, 0.29) is 42.1 Å². The van der Waals surface area contributed by atoms with Crippen LogP contribution in [0.2, 0.25) is 0 Å². The number of carbonyl (C=O) groups excluding carboxylic acids is 6. The van der Waals surface area contributed by atoms with Crippen LogP contribution >= 0.6 is 0 Å². The zero-order valence-electron chi connectivity index (χ0n) is 36.5. The molecule has 0 unspecified atom stereocenters. The van der Waals surface area contributed by atoms with Gasteiger partial charge in [0.2, 0.25) is 5.91 Å². The van der Waals surface area contributed by atoms with Crippen molar-refractivity contribution in [3.8, 4) is 0 Å². The molecule has 1 saturated heterocycles. The number of rotatable bonds is 13. The SMILES string of the molecule is CC[C@H](C)CCC(=O)N[C@@H](c1ccccc1)[C@@H](O)C(=O)O[C@H]1C[C@@]2(O)[C@@H](OC(=O)c3ccccc3)[C@@H]3[C@]4(OC(C)=O)CO[C@@H]4C[C@H](O)[C@@]3(C)C(=O)[C@H](OC(C)=O)C(=C1C)C2(C)C. The van der Waals surface area contributed by atoms with Gasteiger partial charge in [-0.1, -0.05) is 82.6 Å². The van der Waals surface area contributed by atoms with Crippen molar-refractivity contribution in [2.24, 2.45) is 22.7 Å². The summed E-state index contributed by atoms with van der Waals surface area (Å²) in [6.07, 6.45) is -8.78. The summed E-state index contributed by atoms with van der Waals surface area (Å²) < 4.78 is 30.3. The molecule has 4 N–H and O–H groups in total. The number of ether oxygens (including phenoxy) is 5. The second-order valence-corrected chi connectivity index (χ2v) is 18.1. The number of carbonyl (C=O) groups is 6. The predicted molar refractivity (Wildman–Crippen MR) is 221 cm³/mol. The Bertz CT molecular complexity index is 2090. The summed E-state index contributed by atoms with van der Waals surface area (Å²) in [4.78, 5) is 83.2. The molecule has 15 nitrogen and oxygen atoms in total. The fraction of sp³-hybridized carbons (Fsp3) is 0.574. The Kier molecular flexibility index (Phi) is 13.3. The molecule has 62 heavy (non-hydrogen) atoms. The number of fused-ring (bicyclic) bond motifs is 5. The van der Waals surface area contributed by atoms with Gasteiger partial charge < -0.3 is 44.3 Å². The van der Waals surface area contributed by atoms with Crippen molar-refractivity contribution in [3.63, 3.8) is 0 Å². The van der Waals surface area contributed by atoms with Crippen molar-refractivity contribution in [1.29, 1.82) is 0 Å². The first-order chi connectivity index (χ1) is 29.1. The quantitative estimate of drug-likeness (QED) is 0.126. The predicted octanol–water partition coefficient (Wildman–Crippen LogP) is 4.25. The van der Waals surface area contributed by atoms with E-state index in [0.29, 0.717) is 12.0 Å². The van der Waals surface area contributed by atoms with Gasteiger partial charge in [0.25, 0.3) is 0 Å². The number of ketones is 1. The fourth-order valence-electron chi connectivity index (χ4n) is 10.2. The second-order valence-electron chi connectivity index (χ2n) is 18.1. The van der Waals surface area contributed by atoms with Gasteiger partial charge in [0, 0.05) is 38.5 Å². The molecule has 6 rings (SSSR count). The highest BCUT2D eigenvalue weighted by Crippen LogP contribution is 2.64. The molecule has 3 aliphatic carbocycles. The van der Waals surface area contributed by atoms with Gasteiger partial charge in [-0.15, -0.1) is 0 Å². The lowest BCUT2D eigenvalue weighted by Gasteiger charge is -2.67. The third kappa shape index (κ3) is 8.08. The zero-order valence-corrected chi connectivity index (χ0v) is 36.5. The third-order valence-corrected chi connectivity index (χ3v) is 14.0. The summed E-state index contributed by atoms with van der Waals surface area (Å²) in [5, 5.41) is 40.3. The summed E-state index contributed by atoms with van der Waals surface area (Å²) in [6.45, 7) is 12.1. The molecule has 2 saturated carbocycles. The molecule has 12 atom stereocenters. The molecule has 336 valence electrons. The van der Waals surface area contributed by atoms with Gasteiger partial charge in [-0.3, -0.25) is 19.2 Å².